The number of carbonyl (C=O) groups is 1. The van der Waals surface area contributed by atoms with Gasteiger partial charge in [-0.2, -0.15) is 0 Å². The fourth-order valence-electron chi connectivity index (χ4n) is 2.22. The molecule has 1 atom stereocenters. The van der Waals surface area contributed by atoms with Crippen molar-refractivity contribution in [2.24, 2.45) is 0 Å². The average Bonchev–Trinajstić information content (AvgIpc) is 2.99. The van der Waals surface area contributed by atoms with Crippen LogP contribution in [0.3, 0.4) is 0 Å². The lowest BCUT2D eigenvalue weighted by Gasteiger charge is -2.18. The van der Waals surface area contributed by atoms with Gasteiger partial charge in [0.05, 0.1) is 5.25 Å². The fourth-order valence-corrected chi connectivity index (χ4v) is 4.34. The third kappa shape index (κ3) is 5.47. The van der Waals surface area contributed by atoms with Gasteiger partial charge in [-0.05, 0) is 40.5 Å². The Morgan fingerprint density at radius 1 is 1.33 bits per heavy atom. The van der Waals surface area contributed by atoms with Crippen LogP contribution in [0.25, 0.3) is 0 Å². The molecule has 1 unspecified atom stereocenters. The first-order valence-electron chi connectivity index (χ1n) is 7.42. The number of rotatable bonds is 5. The average molecular weight is 329 g/mol. The minimum absolute atomic E-state index is 0.0348. The standard InChI is InChI=1S/C14H24N4OS2/c1-9(11(19)15-10-7-5-6-8-10)20-13-18-17-12(21-13)16-14(2,3)4/h9-10H,5-8H2,1-4H3,(H,15,19)(H,16,17). The first kappa shape index (κ1) is 16.5. The molecule has 1 fully saturated rings. The highest BCUT2D eigenvalue weighted by Gasteiger charge is 2.22. The summed E-state index contributed by atoms with van der Waals surface area (Å²) in [5.74, 6) is 0.104. The van der Waals surface area contributed by atoms with Gasteiger partial charge in [0.25, 0.3) is 0 Å². The molecule has 2 rings (SSSR count). The predicted molar refractivity (Wildman–Crippen MR) is 89.0 cm³/mol. The molecule has 0 radical (unpaired) electrons. The summed E-state index contributed by atoms with van der Waals surface area (Å²) in [4.78, 5) is 12.1. The van der Waals surface area contributed by atoms with Crippen LogP contribution in [0, 0.1) is 0 Å². The molecule has 0 bridgehead atoms. The van der Waals surface area contributed by atoms with Gasteiger partial charge in [0, 0.05) is 11.6 Å². The van der Waals surface area contributed by atoms with E-state index in [9.17, 15) is 4.79 Å². The Kier molecular flexibility index (Phi) is 5.48. The molecule has 2 N–H and O–H groups in total. The lowest BCUT2D eigenvalue weighted by atomic mass is 10.1. The molecule has 0 saturated heterocycles. The van der Waals surface area contributed by atoms with E-state index in [0.717, 1.165) is 22.3 Å². The molecule has 1 aromatic rings. The summed E-state index contributed by atoms with van der Waals surface area (Å²) in [6.07, 6.45) is 4.68. The van der Waals surface area contributed by atoms with Crippen molar-refractivity contribution in [3.8, 4) is 0 Å². The van der Waals surface area contributed by atoms with Crippen molar-refractivity contribution in [1.82, 2.24) is 15.5 Å². The van der Waals surface area contributed by atoms with E-state index < -0.39 is 0 Å². The number of hydrogen-bond donors (Lipinski definition) is 2. The number of thioether (sulfide) groups is 1. The minimum Gasteiger partial charge on any atom is -0.355 e. The van der Waals surface area contributed by atoms with Crippen LogP contribution in [-0.4, -0.2) is 32.9 Å². The van der Waals surface area contributed by atoms with Gasteiger partial charge in [-0.1, -0.05) is 35.9 Å². The van der Waals surface area contributed by atoms with Gasteiger partial charge in [0.2, 0.25) is 11.0 Å². The molecule has 5 nitrogen and oxygen atoms in total. The quantitative estimate of drug-likeness (QED) is 0.812. The SMILES string of the molecule is CC(Sc1nnc(NC(C)(C)C)s1)C(=O)NC1CCCC1. The van der Waals surface area contributed by atoms with E-state index in [1.165, 1.54) is 35.9 Å². The Morgan fingerprint density at radius 2 is 2.00 bits per heavy atom. The Balaban J connectivity index is 1.84. The fraction of sp³-hybridized carbons (Fsp3) is 0.786. The number of amides is 1. The largest absolute Gasteiger partial charge is 0.355 e. The Morgan fingerprint density at radius 3 is 2.62 bits per heavy atom. The molecule has 1 heterocycles. The van der Waals surface area contributed by atoms with Crippen LogP contribution in [0.15, 0.2) is 4.34 Å². The molecular formula is C14H24N4OS2. The summed E-state index contributed by atoms with van der Waals surface area (Å²) in [5.41, 5.74) is -0.0348. The van der Waals surface area contributed by atoms with Crippen LogP contribution in [0.4, 0.5) is 5.13 Å². The molecule has 21 heavy (non-hydrogen) atoms. The summed E-state index contributed by atoms with van der Waals surface area (Å²) in [5, 5.41) is 15.3. The van der Waals surface area contributed by atoms with Crippen molar-refractivity contribution < 1.29 is 4.79 Å². The molecule has 1 amide bonds. The second-order valence-corrected chi connectivity index (χ2v) is 9.06. The topological polar surface area (TPSA) is 66.9 Å². The van der Waals surface area contributed by atoms with Crippen LogP contribution in [0.1, 0.15) is 53.4 Å². The van der Waals surface area contributed by atoms with Crippen molar-refractivity contribution >= 4 is 34.1 Å². The maximum atomic E-state index is 12.1. The third-order valence-corrected chi connectivity index (χ3v) is 5.26. The van der Waals surface area contributed by atoms with Gasteiger partial charge in [-0.15, -0.1) is 10.2 Å². The maximum absolute atomic E-state index is 12.1. The monoisotopic (exact) mass is 328 g/mol. The molecule has 1 aliphatic carbocycles. The normalized spacial score (nSPS) is 17.7. The van der Waals surface area contributed by atoms with E-state index in [-0.39, 0.29) is 16.7 Å². The molecule has 0 aromatic carbocycles. The Labute approximate surface area is 134 Å². The molecule has 7 heteroatoms. The molecule has 118 valence electrons. The van der Waals surface area contributed by atoms with Crippen LogP contribution >= 0.6 is 23.1 Å². The summed E-state index contributed by atoms with van der Waals surface area (Å²) >= 11 is 2.97. The second kappa shape index (κ2) is 6.96. The zero-order valence-corrected chi connectivity index (χ0v) is 14.7. The van der Waals surface area contributed by atoms with Crippen LogP contribution < -0.4 is 10.6 Å². The van der Waals surface area contributed by atoms with E-state index in [0.29, 0.717) is 6.04 Å². The molecule has 0 spiro atoms. The van der Waals surface area contributed by atoms with E-state index >= 15 is 0 Å². The zero-order chi connectivity index (χ0) is 15.5. The zero-order valence-electron chi connectivity index (χ0n) is 13.1. The number of nitrogens with zero attached hydrogens (tertiary/aromatic N) is 2. The van der Waals surface area contributed by atoms with E-state index in [1.807, 2.05) is 6.92 Å². The lowest BCUT2D eigenvalue weighted by Crippen LogP contribution is -2.37. The summed E-state index contributed by atoms with van der Waals surface area (Å²) < 4.78 is 0.829. The van der Waals surface area contributed by atoms with Gasteiger partial charge < -0.3 is 10.6 Å². The highest BCUT2D eigenvalue weighted by molar-refractivity contribution is 8.02. The van der Waals surface area contributed by atoms with E-state index in [2.05, 4.69) is 41.6 Å². The molecule has 1 aromatic heterocycles. The maximum Gasteiger partial charge on any atom is 0.233 e. The number of carbonyl (C=O) groups excluding carboxylic acids is 1. The summed E-state index contributed by atoms with van der Waals surface area (Å²) in [6.45, 7) is 8.17. The predicted octanol–water partition coefficient (Wildman–Crippen LogP) is 3.29. The van der Waals surface area contributed by atoms with Gasteiger partial charge >= 0.3 is 0 Å². The van der Waals surface area contributed by atoms with Crippen LogP contribution in [0.2, 0.25) is 0 Å². The molecular weight excluding hydrogens is 304 g/mol. The van der Waals surface area contributed by atoms with Gasteiger partial charge in [-0.3, -0.25) is 4.79 Å². The van der Waals surface area contributed by atoms with Crippen LogP contribution in [-0.2, 0) is 4.79 Å². The number of anilines is 1. The van der Waals surface area contributed by atoms with Crippen molar-refractivity contribution in [3.05, 3.63) is 0 Å². The van der Waals surface area contributed by atoms with E-state index in [4.69, 9.17) is 0 Å². The van der Waals surface area contributed by atoms with Crippen molar-refractivity contribution in [2.45, 2.75) is 74.5 Å². The van der Waals surface area contributed by atoms with Crippen molar-refractivity contribution in [1.29, 1.82) is 0 Å². The number of nitrogens with one attached hydrogen (secondary N) is 2. The smallest absolute Gasteiger partial charge is 0.233 e. The lowest BCUT2D eigenvalue weighted by molar-refractivity contribution is -0.120. The molecule has 1 aliphatic rings. The van der Waals surface area contributed by atoms with Gasteiger partial charge in [0.15, 0.2) is 4.34 Å². The van der Waals surface area contributed by atoms with E-state index in [1.54, 1.807) is 0 Å². The second-order valence-electron chi connectivity index (χ2n) is 6.50. The van der Waals surface area contributed by atoms with Crippen LogP contribution in [0.5, 0.6) is 0 Å². The van der Waals surface area contributed by atoms with Crippen molar-refractivity contribution in [2.75, 3.05) is 5.32 Å². The number of hydrogen-bond acceptors (Lipinski definition) is 6. The summed E-state index contributed by atoms with van der Waals surface area (Å²) in [7, 11) is 0. The van der Waals surface area contributed by atoms with Gasteiger partial charge in [-0.25, -0.2) is 0 Å². The first-order valence-corrected chi connectivity index (χ1v) is 9.12. The highest BCUT2D eigenvalue weighted by Crippen LogP contribution is 2.30. The highest BCUT2D eigenvalue weighted by atomic mass is 32.2. The minimum atomic E-state index is -0.138. The molecule has 0 aliphatic heterocycles. The Bertz CT molecular complexity index is 478. The first-order chi connectivity index (χ1) is 9.83. The van der Waals surface area contributed by atoms with Crippen molar-refractivity contribution in [3.63, 3.8) is 0 Å². The Hall–Kier alpha value is -0.820. The summed E-state index contributed by atoms with van der Waals surface area (Å²) in [6, 6.07) is 0.369. The number of aromatic nitrogens is 2. The molecule has 1 saturated carbocycles. The third-order valence-electron chi connectivity index (χ3n) is 3.24. The van der Waals surface area contributed by atoms with Gasteiger partial charge in [0.1, 0.15) is 0 Å².